The Morgan fingerprint density at radius 1 is 1.04 bits per heavy atom. The van der Waals surface area contributed by atoms with Gasteiger partial charge in [0.2, 0.25) is 0 Å². The van der Waals surface area contributed by atoms with Gasteiger partial charge in [-0.1, -0.05) is 58.8 Å². The van der Waals surface area contributed by atoms with Crippen LogP contribution in [0, 0.1) is 4.64 Å². The molecule has 0 amide bonds. The van der Waals surface area contributed by atoms with E-state index < -0.39 is 0 Å². The fraction of sp³-hybridized carbons (Fsp3) is 0. The van der Waals surface area contributed by atoms with Gasteiger partial charge >= 0.3 is 0 Å². The smallest absolute Gasteiger partial charge is 0.160 e. The predicted molar refractivity (Wildman–Crippen MR) is 104 cm³/mol. The molecular weight excluding hydrogens is 425 g/mol. The van der Waals surface area contributed by atoms with Crippen LogP contribution < -0.4 is 11.5 Å². The molecule has 0 spiro atoms. The molecule has 5 N–H and O–H groups in total. The van der Waals surface area contributed by atoms with Crippen molar-refractivity contribution in [2.75, 3.05) is 11.5 Å². The molecule has 3 rings (SSSR count). The fourth-order valence-electron chi connectivity index (χ4n) is 1.39. The Bertz CT molecular complexity index is 935. The summed E-state index contributed by atoms with van der Waals surface area (Å²) in [6, 6.07) is 1.78. The molecule has 7 nitrogen and oxygen atoms in total. The normalized spacial score (nSPS) is 10.0. The highest BCUT2D eigenvalue weighted by molar-refractivity contribution is 7.99. The summed E-state index contributed by atoms with van der Waals surface area (Å²) in [7, 11) is 0. The van der Waals surface area contributed by atoms with E-state index in [-0.39, 0.29) is 16.8 Å². The van der Waals surface area contributed by atoms with Gasteiger partial charge in [-0.15, -0.1) is 0 Å². The third-order valence-electron chi connectivity index (χ3n) is 2.46. The number of anilines is 2. The zero-order valence-corrected chi connectivity index (χ0v) is 16.2. The number of nitrogens with two attached hydrogens (primary N) is 2. The van der Waals surface area contributed by atoms with Crippen LogP contribution in [0.25, 0.3) is 0 Å². The summed E-state index contributed by atoms with van der Waals surface area (Å²) in [6.07, 6.45) is 6.13. The molecule has 0 fully saturated rings. The minimum Gasteiger partial charge on any atom is -0.381 e. The van der Waals surface area contributed by atoms with Crippen molar-refractivity contribution >= 4 is 70.4 Å². The van der Waals surface area contributed by atoms with Crippen LogP contribution in [-0.2, 0) is 0 Å². The largest absolute Gasteiger partial charge is 0.381 e. The zero-order valence-electron chi connectivity index (χ0n) is 12.3. The first-order valence-corrected chi connectivity index (χ1v) is 8.78. The first-order chi connectivity index (χ1) is 11.9. The molecule has 3 aromatic rings. The monoisotopic (exact) mass is 433 g/mol. The van der Waals surface area contributed by atoms with Crippen LogP contribution in [-0.4, -0.2) is 24.9 Å². The number of rotatable bonds is 2. The molecule has 25 heavy (non-hydrogen) atoms. The first kappa shape index (κ1) is 19.7. The van der Waals surface area contributed by atoms with Gasteiger partial charge in [0.25, 0.3) is 0 Å². The Hall–Kier alpha value is -1.65. The van der Waals surface area contributed by atoms with Gasteiger partial charge < -0.3 is 16.5 Å². The maximum absolute atomic E-state index is 5.96. The highest BCUT2D eigenvalue weighted by Crippen LogP contribution is 2.33. The summed E-state index contributed by atoms with van der Waals surface area (Å²) < 4.78 is 0.416. The van der Waals surface area contributed by atoms with Crippen LogP contribution in [0.3, 0.4) is 0 Å². The third-order valence-corrected chi connectivity index (χ3v) is 4.66. The van der Waals surface area contributed by atoms with Crippen molar-refractivity contribution < 1.29 is 0 Å². The molecule has 0 unspecified atom stereocenters. The van der Waals surface area contributed by atoms with Crippen molar-refractivity contribution in [1.82, 2.24) is 24.9 Å². The summed E-state index contributed by atoms with van der Waals surface area (Å²) in [5, 5.41) is 1.70. The predicted octanol–water partition coefficient (Wildman–Crippen LogP) is 4.29. The van der Waals surface area contributed by atoms with Crippen LogP contribution in [0.1, 0.15) is 0 Å². The molecule has 0 aliphatic rings. The lowest BCUT2D eigenvalue weighted by Gasteiger charge is -2.04. The van der Waals surface area contributed by atoms with Crippen molar-refractivity contribution in [3.05, 3.63) is 50.8 Å². The Morgan fingerprint density at radius 3 is 2.36 bits per heavy atom. The molecule has 3 aromatic heterocycles. The van der Waals surface area contributed by atoms with Crippen LogP contribution in [0.15, 0.2) is 40.8 Å². The lowest BCUT2D eigenvalue weighted by atomic mass is 10.5. The third kappa shape index (κ3) is 5.98. The molecule has 0 aliphatic heterocycles. The number of nitrogen functional groups attached to an aromatic ring is 2. The van der Waals surface area contributed by atoms with Crippen LogP contribution in [0.5, 0.6) is 0 Å². The van der Waals surface area contributed by atoms with E-state index in [2.05, 4.69) is 24.9 Å². The second-order valence-electron chi connectivity index (χ2n) is 4.23. The Labute approximate surface area is 167 Å². The number of halogens is 3. The Balaban J connectivity index is 0.000000212. The fourth-order valence-corrected chi connectivity index (χ4v) is 2.76. The summed E-state index contributed by atoms with van der Waals surface area (Å²) in [5.74, 6) is 0.544. The number of H-pyrrole nitrogens is 1. The summed E-state index contributed by atoms with van der Waals surface area (Å²) in [4.78, 5) is 19.0. The van der Waals surface area contributed by atoms with Gasteiger partial charge in [0.15, 0.2) is 11.6 Å². The van der Waals surface area contributed by atoms with E-state index in [1.54, 1.807) is 18.5 Å². The van der Waals surface area contributed by atoms with Gasteiger partial charge in [-0.2, -0.15) is 0 Å². The van der Waals surface area contributed by atoms with Crippen molar-refractivity contribution in [2.45, 2.75) is 9.92 Å². The van der Waals surface area contributed by atoms with Gasteiger partial charge in [0.05, 0.1) is 11.2 Å². The summed E-state index contributed by atoms with van der Waals surface area (Å²) in [6.45, 7) is 0. The minimum atomic E-state index is 0.262. The quantitative estimate of drug-likeness (QED) is 0.511. The van der Waals surface area contributed by atoms with Gasteiger partial charge in [0, 0.05) is 23.5 Å². The van der Waals surface area contributed by atoms with E-state index in [4.69, 9.17) is 58.5 Å². The molecule has 0 radical (unpaired) electrons. The van der Waals surface area contributed by atoms with Crippen molar-refractivity contribution in [3.63, 3.8) is 0 Å². The van der Waals surface area contributed by atoms with Gasteiger partial charge in [0.1, 0.15) is 20.0 Å². The average Bonchev–Trinajstić information content (AvgIpc) is 2.56. The van der Waals surface area contributed by atoms with E-state index in [0.29, 0.717) is 19.8 Å². The second-order valence-corrected chi connectivity index (χ2v) is 6.85. The van der Waals surface area contributed by atoms with E-state index in [0.717, 1.165) is 4.90 Å². The number of nitrogens with one attached hydrogen (secondary N) is 1. The summed E-state index contributed by atoms with van der Waals surface area (Å²) in [5.41, 5.74) is 11.0. The van der Waals surface area contributed by atoms with E-state index >= 15 is 0 Å². The lowest BCUT2D eigenvalue weighted by molar-refractivity contribution is 1.07. The van der Waals surface area contributed by atoms with Crippen LogP contribution in [0.2, 0.25) is 15.3 Å². The van der Waals surface area contributed by atoms with Crippen molar-refractivity contribution in [1.29, 1.82) is 0 Å². The SMILES string of the molecule is Nc1nc(Cl)c[nH]c1=S.Nc1nc(Cl)cnc1Sc1ccncc1Cl. The van der Waals surface area contributed by atoms with Gasteiger partial charge in [-0.05, 0) is 6.07 Å². The van der Waals surface area contributed by atoms with Gasteiger partial charge in [-0.3, -0.25) is 4.98 Å². The average molecular weight is 435 g/mol. The molecule has 0 aliphatic carbocycles. The van der Waals surface area contributed by atoms with E-state index in [1.165, 1.54) is 24.2 Å². The van der Waals surface area contributed by atoms with Crippen molar-refractivity contribution in [2.24, 2.45) is 0 Å². The molecule has 0 aromatic carbocycles. The van der Waals surface area contributed by atoms with Crippen molar-refractivity contribution in [3.8, 4) is 0 Å². The minimum absolute atomic E-state index is 0.262. The number of hydrogen-bond donors (Lipinski definition) is 3. The molecular formula is C13H10Cl3N7S2. The second kappa shape index (κ2) is 9.16. The Kier molecular flexibility index (Phi) is 7.21. The van der Waals surface area contributed by atoms with Gasteiger partial charge in [-0.25, -0.2) is 15.0 Å². The molecule has 0 bridgehead atoms. The zero-order chi connectivity index (χ0) is 18.4. The highest BCUT2D eigenvalue weighted by Gasteiger charge is 2.08. The first-order valence-electron chi connectivity index (χ1n) is 6.43. The molecule has 12 heteroatoms. The molecule has 130 valence electrons. The standard InChI is InChI=1S/C9H6Cl2N4S.C4H4ClN3S/c10-5-3-13-2-1-6(5)16-9-8(12)15-7(11)4-14-9;5-2-1-7-4(9)3(6)8-2/h1-4H,(H2,12,15);1H,(H2,6,8)(H,7,9). The van der Waals surface area contributed by atoms with Crippen LogP contribution in [0.4, 0.5) is 11.6 Å². The summed E-state index contributed by atoms with van der Waals surface area (Å²) >= 11 is 23.1. The maximum Gasteiger partial charge on any atom is 0.160 e. The van der Waals surface area contributed by atoms with E-state index in [1.807, 2.05) is 0 Å². The molecule has 0 saturated carbocycles. The topological polar surface area (TPSA) is 119 Å². The molecule has 0 saturated heterocycles. The number of aromatic nitrogens is 5. The Morgan fingerprint density at radius 2 is 1.76 bits per heavy atom. The lowest BCUT2D eigenvalue weighted by Crippen LogP contribution is -1.95. The number of nitrogens with zero attached hydrogens (tertiary/aromatic N) is 4. The molecule has 3 heterocycles. The maximum atomic E-state index is 5.96. The van der Waals surface area contributed by atoms with Crippen LogP contribution >= 0.6 is 58.8 Å². The number of hydrogen-bond acceptors (Lipinski definition) is 8. The highest BCUT2D eigenvalue weighted by atomic mass is 35.5. The van der Waals surface area contributed by atoms with E-state index in [9.17, 15) is 0 Å². The molecule has 0 atom stereocenters. The number of aromatic amines is 1. The number of pyridine rings is 1.